The van der Waals surface area contributed by atoms with Gasteiger partial charge >= 0.3 is 0 Å². The average molecular weight is 273 g/mol. The van der Waals surface area contributed by atoms with Crippen molar-refractivity contribution in [3.63, 3.8) is 0 Å². The molecule has 2 fully saturated rings. The highest BCUT2D eigenvalue weighted by atomic mass is 16.2. The van der Waals surface area contributed by atoms with Gasteiger partial charge in [-0.2, -0.15) is 0 Å². The van der Waals surface area contributed by atoms with Crippen molar-refractivity contribution < 1.29 is 9.59 Å². The lowest BCUT2D eigenvalue weighted by Gasteiger charge is -2.20. The molecule has 0 aliphatic heterocycles. The smallest absolute Gasteiger partial charge is 0.273 e. The van der Waals surface area contributed by atoms with E-state index in [1.54, 1.807) is 24.4 Å². The normalized spacial score (nSPS) is 27.3. The molecule has 5 nitrogen and oxygen atoms in total. The van der Waals surface area contributed by atoms with Gasteiger partial charge in [-0.25, -0.2) is 0 Å². The molecule has 20 heavy (non-hydrogen) atoms. The molecule has 2 saturated carbocycles. The van der Waals surface area contributed by atoms with Crippen molar-refractivity contribution in [2.75, 3.05) is 0 Å². The second kappa shape index (κ2) is 5.61. The average Bonchev–Trinajstić information content (AvgIpc) is 3.08. The number of amides is 2. The molecule has 0 saturated heterocycles. The van der Waals surface area contributed by atoms with Crippen LogP contribution in [0.4, 0.5) is 0 Å². The van der Waals surface area contributed by atoms with Crippen LogP contribution in [-0.2, 0) is 4.79 Å². The molecule has 0 radical (unpaired) electrons. The van der Waals surface area contributed by atoms with Crippen LogP contribution in [0.3, 0.4) is 0 Å². The Bertz CT molecular complexity index is 503. The molecule has 106 valence electrons. The molecule has 3 rings (SSSR count). The Morgan fingerprint density at radius 3 is 2.75 bits per heavy atom. The number of nitrogens with zero attached hydrogens (tertiary/aromatic N) is 1. The zero-order valence-electron chi connectivity index (χ0n) is 11.3. The van der Waals surface area contributed by atoms with Gasteiger partial charge in [-0.15, -0.1) is 0 Å². The third-order valence-corrected chi connectivity index (χ3v) is 4.55. The summed E-state index contributed by atoms with van der Waals surface area (Å²) in [6.45, 7) is 0. The van der Waals surface area contributed by atoms with Crippen molar-refractivity contribution in [3.8, 4) is 0 Å². The number of hydrazine groups is 1. The first-order chi connectivity index (χ1) is 9.72. The molecule has 5 heteroatoms. The fourth-order valence-corrected chi connectivity index (χ4v) is 3.60. The SMILES string of the molecule is O=C(C[C@@H]1C[C@@H]2CC[C@@H]1C2)NNC(=O)c1ccccn1. The summed E-state index contributed by atoms with van der Waals surface area (Å²) in [5, 5.41) is 0. The number of carbonyl (C=O) groups excluding carboxylic acids is 2. The highest BCUT2D eigenvalue weighted by molar-refractivity contribution is 5.93. The molecule has 0 spiro atoms. The van der Waals surface area contributed by atoms with Gasteiger partial charge in [-0.05, 0) is 49.1 Å². The summed E-state index contributed by atoms with van der Waals surface area (Å²) in [6.07, 6.45) is 7.13. The van der Waals surface area contributed by atoms with Crippen LogP contribution in [0, 0.1) is 17.8 Å². The van der Waals surface area contributed by atoms with Crippen LogP contribution >= 0.6 is 0 Å². The topological polar surface area (TPSA) is 71.1 Å². The lowest BCUT2D eigenvalue weighted by Crippen LogP contribution is -2.42. The Labute approximate surface area is 118 Å². The third kappa shape index (κ3) is 2.81. The van der Waals surface area contributed by atoms with E-state index in [0.717, 1.165) is 11.8 Å². The summed E-state index contributed by atoms with van der Waals surface area (Å²) in [5.41, 5.74) is 5.20. The standard InChI is InChI=1S/C15H19N3O2/c19-14(9-12-8-10-4-5-11(12)7-10)17-18-15(20)13-3-1-2-6-16-13/h1-3,6,10-12H,4-5,7-9H2,(H,17,19)(H,18,20)/t10-,11-,12+/m1/s1. The van der Waals surface area contributed by atoms with Crippen molar-refractivity contribution in [2.45, 2.75) is 32.1 Å². The molecule has 3 atom stereocenters. The molecular formula is C15H19N3O2. The van der Waals surface area contributed by atoms with E-state index in [2.05, 4.69) is 15.8 Å². The first-order valence-electron chi connectivity index (χ1n) is 7.22. The minimum atomic E-state index is -0.383. The lowest BCUT2D eigenvalue weighted by atomic mass is 9.86. The van der Waals surface area contributed by atoms with E-state index in [1.165, 1.54) is 25.7 Å². The van der Waals surface area contributed by atoms with Gasteiger partial charge in [-0.1, -0.05) is 12.5 Å². The maximum Gasteiger partial charge on any atom is 0.288 e. The van der Waals surface area contributed by atoms with Gasteiger partial charge in [0.1, 0.15) is 5.69 Å². The van der Waals surface area contributed by atoms with Crippen molar-refractivity contribution >= 4 is 11.8 Å². The van der Waals surface area contributed by atoms with Gasteiger partial charge in [0, 0.05) is 12.6 Å². The van der Waals surface area contributed by atoms with Gasteiger partial charge in [0.25, 0.3) is 5.91 Å². The van der Waals surface area contributed by atoms with Crippen LogP contribution in [0.5, 0.6) is 0 Å². The Hall–Kier alpha value is -1.91. The number of rotatable bonds is 3. The zero-order valence-corrected chi connectivity index (χ0v) is 11.3. The Morgan fingerprint density at radius 2 is 2.10 bits per heavy atom. The van der Waals surface area contributed by atoms with Crippen molar-refractivity contribution in [2.24, 2.45) is 17.8 Å². The van der Waals surface area contributed by atoms with E-state index in [1.807, 2.05) is 0 Å². The number of pyridine rings is 1. The van der Waals surface area contributed by atoms with Crippen molar-refractivity contribution in [1.82, 2.24) is 15.8 Å². The predicted octanol–water partition coefficient (Wildman–Crippen LogP) is 1.67. The summed E-state index contributed by atoms with van der Waals surface area (Å²) in [5.74, 6) is 1.57. The molecule has 2 aliphatic carbocycles. The van der Waals surface area contributed by atoms with Crippen molar-refractivity contribution in [1.29, 1.82) is 0 Å². The molecule has 1 heterocycles. The molecule has 0 unspecified atom stereocenters. The number of hydrogen-bond acceptors (Lipinski definition) is 3. The molecule has 1 aromatic rings. The van der Waals surface area contributed by atoms with Gasteiger partial charge in [0.2, 0.25) is 5.91 Å². The molecule has 1 aromatic heterocycles. The summed E-state index contributed by atoms with van der Waals surface area (Å²) in [6, 6.07) is 5.08. The fraction of sp³-hybridized carbons (Fsp3) is 0.533. The number of aromatic nitrogens is 1. The monoisotopic (exact) mass is 273 g/mol. The second-order valence-electron chi connectivity index (χ2n) is 5.86. The number of carbonyl (C=O) groups is 2. The third-order valence-electron chi connectivity index (χ3n) is 4.55. The van der Waals surface area contributed by atoms with E-state index >= 15 is 0 Å². The number of hydrogen-bond donors (Lipinski definition) is 2. The molecular weight excluding hydrogens is 254 g/mol. The first kappa shape index (κ1) is 13.1. The summed E-state index contributed by atoms with van der Waals surface area (Å²) in [7, 11) is 0. The summed E-state index contributed by atoms with van der Waals surface area (Å²) in [4.78, 5) is 27.5. The minimum absolute atomic E-state index is 0.105. The predicted molar refractivity (Wildman–Crippen MR) is 73.4 cm³/mol. The number of fused-ring (bicyclic) bond motifs is 2. The molecule has 2 bridgehead atoms. The minimum Gasteiger partial charge on any atom is -0.273 e. The summed E-state index contributed by atoms with van der Waals surface area (Å²) < 4.78 is 0. The Balaban J connectivity index is 1.44. The maximum atomic E-state index is 11.9. The Morgan fingerprint density at radius 1 is 1.20 bits per heavy atom. The van der Waals surface area contributed by atoms with Crippen molar-refractivity contribution in [3.05, 3.63) is 30.1 Å². The van der Waals surface area contributed by atoms with Crippen LogP contribution in [0.25, 0.3) is 0 Å². The van der Waals surface area contributed by atoms with E-state index in [0.29, 0.717) is 18.0 Å². The molecule has 2 N–H and O–H groups in total. The van der Waals surface area contributed by atoms with E-state index in [4.69, 9.17) is 0 Å². The van der Waals surface area contributed by atoms with Crippen LogP contribution in [0.15, 0.2) is 24.4 Å². The van der Waals surface area contributed by atoms with Crippen LogP contribution < -0.4 is 10.9 Å². The molecule has 0 aromatic carbocycles. The molecule has 2 amide bonds. The van der Waals surface area contributed by atoms with Gasteiger partial charge in [-0.3, -0.25) is 25.4 Å². The summed E-state index contributed by atoms with van der Waals surface area (Å²) >= 11 is 0. The fourth-order valence-electron chi connectivity index (χ4n) is 3.60. The van der Waals surface area contributed by atoms with Crippen LogP contribution in [0.1, 0.15) is 42.6 Å². The van der Waals surface area contributed by atoms with E-state index in [9.17, 15) is 9.59 Å². The Kier molecular flexibility index (Phi) is 3.67. The van der Waals surface area contributed by atoms with Crippen LogP contribution in [0.2, 0.25) is 0 Å². The second-order valence-corrected chi connectivity index (χ2v) is 5.86. The maximum absolute atomic E-state index is 11.9. The quantitative estimate of drug-likeness (QED) is 0.823. The van der Waals surface area contributed by atoms with Gasteiger partial charge in [0.05, 0.1) is 0 Å². The van der Waals surface area contributed by atoms with E-state index in [-0.39, 0.29) is 11.8 Å². The highest BCUT2D eigenvalue weighted by Crippen LogP contribution is 2.49. The van der Waals surface area contributed by atoms with E-state index < -0.39 is 0 Å². The van der Waals surface area contributed by atoms with Gasteiger partial charge in [0.15, 0.2) is 0 Å². The van der Waals surface area contributed by atoms with Crippen LogP contribution in [-0.4, -0.2) is 16.8 Å². The van der Waals surface area contributed by atoms with Gasteiger partial charge < -0.3 is 0 Å². The zero-order chi connectivity index (χ0) is 13.9. The lowest BCUT2D eigenvalue weighted by molar-refractivity contribution is -0.123. The highest BCUT2D eigenvalue weighted by Gasteiger charge is 2.40. The first-order valence-corrected chi connectivity index (χ1v) is 7.22. The molecule has 2 aliphatic rings. The largest absolute Gasteiger partial charge is 0.288 e. The number of nitrogens with one attached hydrogen (secondary N) is 2.